The zero-order valence-electron chi connectivity index (χ0n) is 5.64. The second kappa shape index (κ2) is 3.64. The van der Waals surface area contributed by atoms with Crippen molar-refractivity contribution in [2.24, 2.45) is 0 Å². The highest BCUT2D eigenvalue weighted by Crippen LogP contribution is 2.31. The van der Waals surface area contributed by atoms with E-state index in [0.717, 1.165) is 0 Å². The number of benzene rings is 1. The summed E-state index contributed by atoms with van der Waals surface area (Å²) in [5, 5.41) is 9.18. The predicted molar refractivity (Wildman–Crippen MR) is 51.1 cm³/mol. The maximum Gasteiger partial charge on any atom is 0.335 e. The van der Waals surface area contributed by atoms with E-state index in [1.54, 1.807) is 0 Å². The third kappa shape index (κ3) is 1.91. The van der Waals surface area contributed by atoms with Crippen LogP contribution < -0.4 is 0 Å². The third-order valence-electron chi connectivity index (χ3n) is 1.23. The molecule has 0 aliphatic rings. The third-order valence-corrected chi connectivity index (χ3v) is 3.14. The molecular formula is C7H3BrCl2O2. The van der Waals surface area contributed by atoms with E-state index in [4.69, 9.17) is 28.3 Å². The molecule has 12 heavy (non-hydrogen) atoms. The van der Waals surface area contributed by atoms with Gasteiger partial charge in [-0.15, -0.1) is 0 Å². The fourth-order valence-electron chi connectivity index (χ4n) is 0.679. The highest BCUT2D eigenvalue weighted by atomic mass is 79.9. The molecule has 0 fully saturated rings. The van der Waals surface area contributed by atoms with Crippen LogP contribution in [0.3, 0.4) is 0 Å². The number of hydrogen-bond donors (Lipinski definition) is 1. The molecule has 0 saturated heterocycles. The lowest BCUT2D eigenvalue weighted by atomic mass is 10.2. The molecule has 1 rings (SSSR count). The first-order valence-corrected chi connectivity index (χ1v) is 4.45. The molecule has 0 saturated carbocycles. The minimum Gasteiger partial charge on any atom is -0.478 e. The topological polar surface area (TPSA) is 37.3 Å². The molecule has 0 aliphatic heterocycles. The fraction of sp³-hybridized carbons (Fsp3) is 0. The summed E-state index contributed by atoms with van der Waals surface area (Å²) < 4.78 is 0.510. The Morgan fingerprint density at radius 1 is 1.33 bits per heavy atom. The Labute approximate surface area is 87.2 Å². The van der Waals surface area contributed by atoms with E-state index in [-0.39, 0.29) is 5.56 Å². The molecule has 0 amide bonds. The van der Waals surface area contributed by atoms with Gasteiger partial charge in [-0.2, -0.15) is 0 Å². The number of hydrogen-bond acceptors (Lipinski definition) is 1. The largest absolute Gasteiger partial charge is 0.478 e. The van der Waals surface area contributed by atoms with Gasteiger partial charge in [-0.25, -0.2) is 4.79 Å². The van der Waals surface area contributed by atoms with Gasteiger partial charge in [-0.05, 0) is 28.1 Å². The van der Waals surface area contributed by atoms with Crippen LogP contribution in [0.15, 0.2) is 16.6 Å². The van der Waals surface area contributed by atoms with E-state index in [9.17, 15) is 4.79 Å². The molecule has 1 N–H and O–H groups in total. The van der Waals surface area contributed by atoms with Crippen molar-refractivity contribution in [1.29, 1.82) is 0 Å². The first-order chi connectivity index (χ1) is 5.52. The van der Waals surface area contributed by atoms with Crippen LogP contribution in [0, 0.1) is 0 Å². The molecule has 0 aromatic heterocycles. The number of carbonyl (C=O) groups is 1. The zero-order valence-corrected chi connectivity index (χ0v) is 8.74. The molecule has 0 spiro atoms. The molecule has 0 unspecified atom stereocenters. The summed E-state index contributed by atoms with van der Waals surface area (Å²) >= 11 is 14.4. The van der Waals surface area contributed by atoms with Crippen molar-refractivity contribution < 1.29 is 9.90 Å². The predicted octanol–water partition coefficient (Wildman–Crippen LogP) is 3.45. The summed E-state index contributed by atoms with van der Waals surface area (Å²) in [6, 6.07) is 2.67. The fourth-order valence-corrected chi connectivity index (χ4v) is 1.39. The van der Waals surface area contributed by atoms with Gasteiger partial charge < -0.3 is 5.11 Å². The summed E-state index contributed by atoms with van der Waals surface area (Å²) in [5.41, 5.74) is 0.0770. The molecule has 5 heteroatoms. The molecule has 0 bridgehead atoms. The highest BCUT2D eigenvalue weighted by Gasteiger charge is 2.09. The summed E-state index contributed by atoms with van der Waals surface area (Å²) in [7, 11) is 0. The van der Waals surface area contributed by atoms with Gasteiger partial charge in [0.15, 0.2) is 0 Å². The molecule has 0 aliphatic carbocycles. The van der Waals surface area contributed by atoms with Crippen LogP contribution in [0.1, 0.15) is 10.4 Å². The molecule has 1 aromatic carbocycles. The van der Waals surface area contributed by atoms with Crippen molar-refractivity contribution in [3.8, 4) is 0 Å². The lowest BCUT2D eigenvalue weighted by Gasteiger charge is -2.00. The van der Waals surface area contributed by atoms with Gasteiger partial charge >= 0.3 is 5.97 Å². The Morgan fingerprint density at radius 2 is 1.75 bits per heavy atom. The lowest BCUT2D eigenvalue weighted by molar-refractivity contribution is 0.0697. The summed E-state index contributed by atoms with van der Waals surface area (Å²) in [6.45, 7) is 0. The Morgan fingerprint density at radius 3 is 2.08 bits per heavy atom. The number of halogens is 3. The minimum atomic E-state index is -1.05. The first kappa shape index (κ1) is 9.84. The second-order valence-electron chi connectivity index (χ2n) is 2.06. The first-order valence-electron chi connectivity index (χ1n) is 2.90. The molecule has 1 aromatic rings. The second-order valence-corrected chi connectivity index (χ2v) is 3.67. The Hall–Kier alpha value is -0.250. The van der Waals surface area contributed by atoms with Gasteiger partial charge in [0, 0.05) is 0 Å². The van der Waals surface area contributed by atoms with Gasteiger partial charge in [0.05, 0.1) is 20.1 Å². The minimum absolute atomic E-state index is 0.0770. The summed E-state index contributed by atoms with van der Waals surface area (Å²) in [6.07, 6.45) is 0. The monoisotopic (exact) mass is 268 g/mol. The summed E-state index contributed by atoms with van der Waals surface area (Å²) in [5.74, 6) is -1.05. The number of rotatable bonds is 1. The van der Waals surface area contributed by atoms with Crippen LogP contribution in [0.4, 0.5) is 0 Å². The van der Waals surface area contributed by atoms with E-state index < -0.39 is 5.97 Å². The molecule has 0 heterocycles. The van der Waals surface area contributed by atoms with Gasteiger partial charge in [0.1, 0.15) is 0 Å². The van der Waals surface area contributed by atoms with E-state index >= 15 is 0 Å². The zero-order chi connectivity index (χ0) is 9.30. The Bertz CT molecular complexity index is 315. The summed E-state index contributed by atoms with van der Waals surface area (Å²) in [4.78, 5) is 10.5. The lowest BCUT2D eigenvalue weighted by Crippen LogP contribution is -1.95. The maximum atomic E-state index is 10.5. The van der Waals surface area contributed by atoms with Crippen molar-refractivity contribution in [1.82, 2.24) is 0 Å². The van der Waals surface area contributed by atoms with Crippen LogP contribution in [0.5, 0.6) is 0 Å². The Kier molecular flexibility index (Phi) is 2.99. The van der Waals surface area contributed by atoms with Crippen LogP contribution >= 0.6 is 39.1 Å². The number of aromatic carboxylic acids is 1. The van der Waals surface area contributed by atoms with Crippen molar-refractivity contribution in [3.05, 3.63) is 32.2 Å². The van der Waals surface area contributed by atoms with Crippen molar-refractivity contribution in [2.45, 2.75) is 0 Å². The van der Waals surface area contributed by atoms with E-state index in [1.165, 1.54) is 12.1 Å². The van der Waals surface area contributed by atoms with E-state index in [0.29, 0.717) is 14.5 Å². The number of carboxylic acid groups (broad SMARTS) is 1. The normalized spacial score (nSPS) is 9.92. The maximum absolute atomic E-state index is 10.5. The van der Waals surface area contributed by atoms with Crippen LogP contribution in [-0.2, 0) is 0 Å². The van der Waals surface area contributed by atoms with Gasteiger partial charge in [-0.3, -0.25) is 0 Å². The van der Waals surface area contributed by atoms with Gasteiger partial charge in [0.2, 0.25) is 0 Å². The van der Waals surface area contributed by atoms with Gasteiger partial charge in [0.25, 0.3) is 0 Å². The number of carboxylic acids is 1. The molecule has 0 radical (unpaired) electrons. The Balaban J connectivity index is 3.31. The smallest absolute Gasteiger partial charge is 0.335 e. The van der Waals surface area contributed by atoms with E-state index in [1.807, 2.05) is 0 Å². The quantitative estimate of drug-likeness (QED) is 0.793. The van der Waals surface area contributed by atoms with Crippen molar-refractivity contribution in [3.63, 3.8) is 0 Å². The van der Waals surface area contributed by atoms with Gasteiger partial charge in [-0.1, -0.05) is 23.2 Å². The van der Waals surface area contributed by atoms with Crippen LogP contribution in [-0.4, -0.2) is 11.1 Å². The molecule has 2 nitrogen and oxygen atoms in total. The standard InChI is InChI=1S/C7H3BrCl2O2/c8-6-4(9)1-3(7(11)12)2-5(6)10/h1-2H,(H,11,12). The van der Waals surface area contributed by atoms with Crippen molar-refractivity contribution in [2.75, 3.05) is 0 Å². The molecule has 0 atom stereocenters. The van der Waals surface area contributed by atoms with Crippen molar-refractivity contribution >= 4 is 45.1 Å². The average molecular weight is 270 g/mol. The van der Waals surface area contributed by atoms with Crippen LogP contribution in [0.2, 0.25) is 10.0 Å². The van der Waals surface area contributed by atoms with Crippen LogP contribution in [0.25, 0.3) is 0 Å². The SMILES string of the molecule is O=C(O)c1cc(Cl)c(Br)c(Cl)c1. The molecular weight excluding hydrogens is 267 g/mol. The molecule has 64 valence electrons. The highest BCUT2D eigenvalue weighted by molar-refractivity contribution is 9.10. The van der Waals surface area contributed by atoms with E-state index in [2.05, 4.69) is 15.9 Å². The average Bonchev–Trinajstić information content (AvgIpc) is 1.99.